The first kappa shape index (κ1) is 100. The Morgan fingerprint density at radius 2 is 0.182 bits per heavy atom. The fourth-order valence-electron chi connectivity index (χ4n) is 0. The minimum atomic E-state index is 0.167. The van der Waals surface area contributed by atoms with E-state index in [1.54, 1.807) is 0 Å². The number of alkyl halides is 10. The largest absolute Gasteiger partial charge is 0.300 e. The third kappa shape index (κ3) is 892000. The van der Waals surface area contributed by atoms with Crippen LogP contribution in [0, 0.1) is 0 Å². The predicted octanol–water partition coefficient (Wildman–Crippen LogP) is 13.1. The van der Waals surface area contributed by atoms with Crippen molar-refractivity contribution in [3.63, 3.8) is 0 Å². The summed E-state index contributed by atoms with van der Waals surface area (Å²) < 4.78 is 0. The normalized spacial score (nSPS) is 6.36. The van der Waals surface area contributed by atoms with Gasteiger partial charge in [-0.25, -0.2) is 0 Å². The first-order valence-electron chi connectivity index (χ1n) is 14.7. The zero-order chi connectivity index (χ0) is 49.3. The highest BCUT2D eigenvalue weighted by atomic mass is 35.5. The van der Waals surface area contributed by atoms with Crippen molar-refractivity contribution in [3.8, 4) is 0 Å². The summed E-state index contributed by atoms with van der Waals surface area (Å²) in [7, 11) is 0. The molecule has 0 bridgehead atoms. The van der Waals surface area contributed by atoms with Gasteiger partial charge < -0.3 is 47.9 Å². The molecule has 0 saturated carbocycles. The number of hydrogen-bond donors (Lipinski definition) is 0. The Morgan fingerprint density at radius 1 is 0.182 bits per heavy atom. The molecule has 0 heterocycles. The van der Waals surface area contributed by atoms with Crippen molar-refractivity contribution in [3.05, 3.63) is 0 Å². The number of hydrogen-bond acceptors (Lipinski definition) is 10. The second-order valence-corrected chi connectivity index (χ2v) is 13.6. The van der Waals surface area contributed by atoms with E-state index in [9.17, 15) is 47.9 Å². The zero-order valence-electron chi connectivity index (χ0n) is 36.4. The SMILES string of the molecule is CC(C)=O.CC(C)=O.CC(C)=O.CC(C)=O.CC(C)=O.CC(C)=O.CC(C)=O.CC(C)=O.CC(C)=O.CC(C)=O.ClCCl.ClCCl.ClCCl.ClCCl.ClCCl. The first-order chi connectivity index (χ1) is 24.4. The Balaban J connectivity index is -0.0000000240. The minimum Gasteiger partial charge on any atom is -0.300 e. The molecule has 0 aliphatic heterocycles. The van der Waals surface area contributed by atoms with Gasteiger partial charge in [0.15, 0.2) is 0 Å². The molecule has 0 aromatic carbocycles. The highest BCUT2D eigenvalue weighted by Crippen LogP contribution is 1.74. The molecule has 0 saturated heterocycles. The number of rotatable bonds is 0. The molecule has 0 aromatic rings. The van der Waals surface area contributed by atoms with Crippen LogP contribution in [0.1, 0.15) is 138 Å². The van der Waals surface area contributed by atoms with Crippen molar-refractivity contribution in [2.45, 2.75) is 138 Å². The Kier molecular flexibility index (Phi) is 225. The van der Waals surface area contributed by atoms with Gasteiger partial charge in [-0.15, -0.1) is 116 Å². The van der Waals surface area contributed by atoms with Crippen LogP contribution in [0.15, 0.2) is 0 Å². The van der Waals surface area contributed by atoms with E-state index in [-0.39, 0.29) is 84.5 Å². The average molecular weight is 1010 g/mol. The van der Waals surface area contributed by atoms with Crippen LogP contribution in [0.5, 0.6) is 0 Å². The summed E-state index contributed by atoms with van der Waals surface area (Å²) in [6.07, 6.45) is 0. The van der Waals surface area contributed by atoms with E-state index < -0.39 is 0 Å². The van der Waals surface area contributed by atoms with Gasteiger partial charge in [0.25, 0.3) is 0 Å². The van der Waals surface area contributed by atoms with Crippen molar-refractivity contribution in [2.75, 3.05) is 26.7 Å². The van der Waals surface area contributed by atoms with Crippen molar-refractivity contribution < 1.29 is 47.9 Å². The molecule has 20 heteroatoms. The fraction of sp³-hybridized carbons (Fsp3) is 0.714. The lowest BCUT2D eigenvalue weighted by Gasteiger charge is -1.56. The second kappa shape index (κ2) is 124. The zero-order valence-corrected chi connectivity index (χ0v) is 44.0. The molecule has 0 aromatic heterocycles. The summed E-state index contributed by atoms with van der Waals surface area (Å²) in [6.45, 7) is 30.6. The van der Waals surface area contributed by atoms with E-state index >= 15 is 0 Å². The fourth-order valence-corrected chi connectivity index (χ4v) is 0. The quantitative estimate of drug-likeness (QED) is 0.213. The van der Waals surface area contributed by atoms with Crippen molar-refractivity contribution >= 4 is 174 Å². The average Bonchev–Trinajstić information content (AvgIpc) is 2.83. The Labute approximate surface area is 384 Å². The maximum Gasteiger partial charge on any atom is 0.126 e. The highest BCUT2D eigenvalue weighted by Gasteiger charge is 1.65. The van der Waals surface area contributed by atoms with Crippen LogP contribution in [0.25, 0.3) is 0 Å². The Morgan fingerprint density at radius 3 is 0.182 bits per heavy atom. The first-order valence-corrected chi connectivity index (χ1v) is 20.1. The molecule has 0 rings (SSSR count). The van der Waals surface area contributed by atoms with Crippen LogP contribution < -0.4 is 0 Å². The lowest BCUT2D eigenvalue weighted by Crippen LogP contribution is -1.69. The number of carbonyl (C=O) groups is 10. The molecular weight excluding hydrogens is 935 g/mol. The maximum absolute atomic E-state index is 9.44. The van der Waals surface area contributed by atoms with E-state index in [1.165, 1.54) is 138 Å². The van der Waals surface area contributed by atoms with Gasteiger partial charge in [-0.3, -0.25) is 0 Å². The van der Waals surface area contributed by atoms with Crippen LogP contribution >= 0.6 is 116 Å². The van der Waals surface area contributed by atoms with Gasteiger partial charge in [-0.1, -0.05) is 0 Å². The van der Waals surface area contributed by atoms with Gasteiger partial charge in [0.2, 0.25) is 0 Å². The van der Waals surface area contributed by atoms with Gasteiger partial charge in [-0.2, -0.15) is 0 Å². The van der Waals surface area contributed by atoms with E-state index in [2.05, 4.69) is 0 Å². The van der Waals surface area contributed by atoms with Crippen LogP contribution in [-0.4, -0.2) is 84.5 Å². The molecular formula is C35H70Cl10O10. The molecule has 0 spiro atoms. The molecule has 0 aliphatic carbocycles. The summed E-state index contributed by atoms with van der Waals surface area (Å²) in [5.41, 5.74) is 0. The molecule has 0 aliphatic rings. The molecule has 0 fully saturated rings. The summed E-state index contributed by atoms with van der Waals surface area (Å²) in [4.78, 5) is 94.4. The minimum absolute atomic E-state index is 0.167. The smallest absolute Gasteiger partial charge is 0.126 e. The number of ketones is 10. The van der Waals surface area contributed by atoms with E-state index in [0.29, 0.717) is 0 Å². The van der Waals surface area contributed by atoms with Crippen LogP contribution in [0.4, 0.5) is 0 Å². The van der Waals surface area contributed by atoms with Crippen LogP contribution in [0.2, 0.25) is 0 Å². The second-order valence-electron chi connectivity index (χ2n) is 9.59. The molecule has 0 N–H and O–H groups in total. The van der Waals surface area contributed by atoms with Gasteiger partial charge in [-0.05, 0) is 138 Å². The topological polar surface area (TPSA) is 171 Å². The van der Waals surface area contributed by atoms with Crippen molar-refractivity contribution in [1.82, 2.24) is 0 Å². The lowest BCUT2D eigenvalue weighted by atomic mass is 10.6. The number of carbonyl (C=O) groups excluding carboxylic acids is 10. The highest BCUT2D eigenvalue weighted by molar-refractivity contribution is 6.41. The summed E-state index contributed by atoms with van der Waals surface area (Å²) in [5, 5.41) is 0.972. The summed E-state index contributed by atoms with van der Waals surface area (Å²) in [5.74, 6) is 1.67. The van der Waals surface area contributed by atoms with E-state index in [1.807, 2.05) is 0 Å². The third-order valence-electron chi connectivity index (χ3n) is 0. The number of Topliss-reactive ketones (excluding diaryl/α,β-unsaturated/α-hetero) is 10. The van der Waals surface area contributed by atoms with E-state index in [0.717, 1.165) is 0 Å². The predicted molar refractivity (Wildman–Crippen MR) is 246 cm³/mol. The molecule has 0 unspecified atom stereocenters. The van der Waals surface area contributed by atoms with Crippen molar-refractivity contribution in [2.24, 2.45) is 0 Å². The van der Waals surface area contributed by atoms with Gasteiger partial charge >= 0.3 is 0 Å². The number of halogens is 10. The van der Waals surface area contributed by atoms with Gasteiger partial charge in [0.05, 0.1) is 26.7 Å². The van der Waals surface area contributed by atoms with Crippen molar-refractivity contribution in [1.29, 1.82) is 0 Å². The molecule has 0 atom stereocenters. The standard InChI is InChI=1S/10C3H6O.5CH2Cl2/c10*1-3(2)4;5*2-1-3/h10*1-2H3;5*1H2. The van der Waals surface area contributed by atoms with Gasteiger partial charge in [0.1, 0.15) is 57.8 Å². The monoisotopic (exact) mass is 1000 g/mol. The molecule has 0 amide bonds. The Hall–Kier alpha value is -0.400. The Bertz CT molecular complexity index is 564. The summed E-state index contributed by atoms with van der Waals surface area (Å²) >= 11 is 47.6. The molecule has 340 valence electrons. The van der Waals surface area contributed by atoms with E-state index in [4.69, 9.17) is 116 Å². The maximum atomic E-state index is 9.44. The van der Waals surface area contributed by atoms with Crippen LogP contribution in [0.3, 0.4) is 0 Å². The summed E-state index contributed by atoms with van der Waals surface area (Å²) in [6, 6.07) is 0. The lowest BCUT2D eigenvalue weighted by molar-refractivity contribution is -0.115. The molecule has 0 radical (unpaired) electrons. The molecule has 55 heavy (non-hydrogen) atoms. The molecule has 10 nitrogen and oxygen atoms in total. The third-order valence-corrected chi connectivity index (χ3v) is 0. The van der Waals surface area contributed by atoms with Crippen LogP contribution in [-0.2, 0) is 47.9 Å². The van der Waals surface area contributed by atoms with Gasteiger partial charge in [0, 0.05) is 0 Å².